The van der Waals surface area contributed by atoms with Gasteiger partial charge in [-0.05, 0) is 39.7 Å². The summed E-state index contributed by atoms with van der Waals surface area (Å²) in [6.07, 6.45) is -2.61. The van der Waals surface area contributed by atoms with Crippen molar-refractivity contribution in [1.29, 1.82) is 0 Å². The quantitative estimate of drug-likeness (QED) is 0.311. The monoisotopic (exact) mass is 441 g/mol. The molecule has 1 N–H and O–H groups in total. The minimum atomic E-state index is -4.77. The Kier molecular flexibility index (Phi) is 6.61. The van der Waals surface area contributed by atoms with Crippen LogP contribution in [0.5, 0.6) is 0 Å². The molecule has 11 heteroatoms. The van der Waals surface area contributed by atoms with Gasteiger partial charge in [0, 0.05) is 19.0 Å². The molecule has 3 rings (SSSR count). The van der Waals surface area contributed by atoms with E-state index in [0.717, 1.165) is 12.5 Å². The minimum absolute atomic E-state index is 0.0564. The highest BCUT2D eigenvalue weighted by Crippen LogP contribution is 2.36. The molecule has 0 bridgehead atoms. The first-order chi connectivity index (χ1) is 14.6. The van der Waals surface area contributed by atoms with Crippen LogP contribution in [0.4, 0.5) is 23.4 Å². The Bertz CT molecular complexity index is 1090. The number of rotatable bonds is 8. The van der Waals surface area contributed by atoms with Crippen molar-refractivity contribution in [2.75, 3.05) is 11.9 Å². The molecule has 7 nitrogen and oxygen atoms in total. The van der Waals surface area contributed by atoms with Crippen molar-refractivity contribution in [1.82, 2.24) is 19.6 Å². The number of unbranched alkanes of at least 4 members (excludes halogenated alkanes) is 2. The zero-order chi connectivity index (χ0) is 22.8. The maximum Gasteiger partial charge on any atom is 0.418 e. The van der Waals surface area contributed by atoms with E-state index in [-0.39, 0.29) is 34.6 Å². The van der Waals surface area contributed by atoms with Gasteiger partial charge in [-0.15, -0.1) is 10.2 Å². The summed E-state index contributed by atoms with van der Waals surface area (Å²) in [5, 5.41) is 10.9. The number of aryl methyl sites for hydroxylation is 1. The first kappa shape index (κ1) is 22.7. The second-order valence-electron chi connectivity index (χ2n) is 7.46. The third-order valence-electron chi connectivity index (χ3n) is 4.58. The second kappa shape index (κ2) is 9.03. The number of fused-ring (bicyclic) bond motifs is 3. The number of alkyl halides is 3. The van der Waals surface area contributed by atoms with Gasteiger partial charge in [0.2, 0.25) is 5.65 Å². The van der Waals surface area contributed by atoms with E-state index >= 15 is 0 Å². The van der Waals surface area contributed by atoms with Crippen molar-refractivity contribution in [3.63, 3.8) is 0 Å². The first-order valence-corrected chi connectivity index (χ1v) is 9.93. The highest BCUT2D eigenvalue weighted by molar-refractivity contribution is 5.86. The van der Waals surface area contributed by atoms with E-state index in [0.29, 0.717) is 37.7 Å². The summed E-state index contributed by atoms with van der Waals surface area (Å²) in [7, 11) is 0. The average molecular weight is 441 g/mol. The molecule has 0 aliphatic carbocycles. The predicted octanol–water partition coefficient (Wildman–Crippen LogP) is 4.67. The number of anilines is 1. The Balaban J connectivity index is 1.79. The Morgan fingerprint density at radius 1 is 1.19 bits per heavy atom. The fraction of sp³-hybridized carbons (Fsp3) is 0.500. The van der Waals surface area contributed by atoms with E-state index in [2.05, 4.69) is 20.5 Å². The van der Waals surface area contributed by atoms with Crippen LogP contribution in [0.2, 0.25) is 0 Å². The molecule has 0 fully saturated rings. The molecule has 0 spiro atoms. The molecule has 2 aromatic heterocycles. The number of aromatic nitrogens is 4. The smallest absolute Gasteiger partial charge is 0.418 e. The zero-order valence-electron chi connectivity index (χ0n) is 17.4. The average Bonchev–Trinajstić information content (AvgIpc) is 3.05. The molecule has 0 unspecified atom stereocenters. The number of esters is 1. The van der Waals surface area contributed by atoms with Gasteiger partial charge in [0.15, 0.2) is 5.82 Å². The van der Waals surface area contributed by atoms with E-state index in [1.54, 1.807) is 20.8 Å². The number of benzene rings is 1. The van der Waals surface area contributed by atoms with Crippen LogP contribution < -0.4 is 5.32 Å². The van der Waals surface area contributed by atoms with Crippen molar-refractivity contribution in [2.24, 2.45) is 0 Å². The van der Waals surface area contributed by atoms with Crippen LogP contribution in [0.1, 0.15) is 50.9 Å². The molecule has 0 saturated carbocycles. The van der Waals surface area contributed by atoms with Crippen LogP contribution in [0, 0.1) is 12.7 Å². The van der Waals surface area contributed by atoms with Gasteiger partial charge >= 0.3 is 12.1 Å². The van der Waals surface area contributed by atoms with Gasteiger partial charge in [0.1, 0.15) is 17.2 Å². The van der Waals surface area contributed by atoms with Crippen molar-refractivity contribution in [3.05, 3.63) is 29.3 Å². The molecule has 3 aromatic rings. The van der Waals surface area contributed by atoms with Crippen LogP contribution in [-0.4, -0.2) is 38.2 Å². The van der Waals surface area contributed by atoms with E-state index in [9.17, 15) is 22.4 Å². The highest BCUT2D eigenvalue weighted by atomic mass is 19.4. The summed E-state index contributed by atoms with van der Waals surface area (Å²) in [4.78, 5) is 15.6. The molecule has 0 amide bonds. The van der Waals surface area contributed by atoms with Gasteiger partial charge in [0.05, 0.1) is 17.2 Å². The zero-order valence-corrected chi connectivity index (χ0v) is 17.4. The molecular formula is C20H23F4N5O2. The Morgan fingerprint density at radius 2 is 1.94 bits per heavy atom. The Hall–Kier alpha value is -2.98. The highest BCUT2D eigenvalue weighted by Gasteiger charge is 2.35. The fourth-order valence-electron chi connectivity index (χ4n) is 3.27. The molecular weight excluding hydrogens is 418 g/mol. The Morgan fingerprint density at radius 3 is 2.61 bits per heavy atom. The van der Waals surface area contributed by atoms with Crippen LogP contribution in [-0.2, 0) is 15.7 Å². The SMILES string of the molecule is Cc1nnc2c(NCCCCCC(=O)OC(C)C)nc3c(C(F)(F)F)cc(F)cc3n12. The minimum Gasteiger partial charge on any atom is -0.463 e. The second-order valence-corrected chi connectivity index (χ2v) is 7.46. The van der Waals surface area contributed by atoms with Crippen molar-refractivity contribution in [3.8, 4) is 0 Å². The molecule has 31 heavy (non-hydrogen) atoms. The van der Waals surface area contributed by atoms with Crippen LogP contribution >= 0.6 is 0 Å². The number of halogens is 4. The third-order valence-corrected chi connectivity index (χ3v) is 4.58. The first-order valence-electron chi connectivity index (χ1n) is 9.93. The van der Waals surface area contributed by atoms with Crippen LogP contribution in [0.25, 0.3) is 16.7 Å². The largest absolute Gasteiger partial charge is 0.463 e. The summed E-state index contributed by atoms with van der Waals surface area (Å²) in [5.74, 6) is -0.836. The molecule has 0 radical (unpaired) electrons. The van der Waals surface area contributed by atoms with E-state index in [1.807, 2.05) is 0 Å². The number of ether oxygens (including phenoxy) is 1. The Labute approximate surface area is 175 Å². The third kappa shape index (κ3) is 5.20. The molecule has 168 valence electrons. The number of carbonyl (C=O) groups excluding carboxylic acids is 1. The molecule has 0 atom stereocenters. The summed E-state index contributed by atoms with van der Waals surface area (Å²) in [6, 6.07) is 1.42. The van der Waals surface area contributed by atoms with Crippen molar-refractivity contribution in [2.45, 2.75) is 58.7 Å². The number of carbonyl (C=O) groups is 1. The van der Waals surface area contributed by atoms with E-state index < -0.39 is 17.6 Å². The normalized spacial score (nSPS) is 12.1. The maximum atomic E-state index is 13.9. The molecule has 0 saturated heterocycles. The van der Waals surface area contributed by atoms with Gasteiger partial charge in [-0.2, -0.15) is 13.2 Å². The lowest BCUT2D eigenvalue weighted by Crippen LogP contribution is -2.12. The topological polar surface area (TPSA) is 81.4 Å². The van der Waals surface area contributed by atoms with Crippen molar-refractivity contribution < 1.29 is 27.1 Å². The number of nitrogens with one attached hydrogen (secondary N) is 1. The van der Waals surface area contributed by atoms with Gasteiger partial charge in [-0.3, -0.25) is 9.20 Å². The van der Waals surface area contributed by atoms with Crippen molar-refractivity contribution >= 4 is 28.5 Å². The summed E-state index contributed by atoms with van der Waals surface area (Å²) in [6.45, 7) is 5.54. The lowest BCUT2D eigenvalue weighted by Gasteiger charge is -2.14. The molecule has 1 aromatic carbocycles. The van der Waals surface area contributed by atoms with Crippen LogP contribution in [0.15, 0.2) is 12.1 Å². The summed E-state index contributed by atoms with van der Waals surface area (Å²) < 4.78 is 60.8. The number of hydrogen-bond acceptors (Lipinski definition) is 6. The standard InChI is InChI=1S/C20H23F4N5O2/c1-11(2)31-16(30)7-5-4-6-8-25-18-19-28-27-12(3)29(19)15-10-13(21)9-14(17(15)26-18)20(22,23)24/h9-11H,4-8H2,1-3H3,(H,25,26). The van der Waals surface area contributed by atoms with Gasteiger partial charge < -0.3 is 10.1 Å². The predicted molar refractivity (Wildman–Crippen MR) is 106 cm³/mol. The van der Waals surface area contributed by atoms with E-state index in [4.69, 9.17) is 4.74 Å². The van der Waals surface area contributed by atoms with Gasteiger partial charge in [0.25, 0.3) is 0 Å². The lowest BCUT2D eigenvalue weighted by atomic mass is 10.1. The number of hydrogen-bond donors (Lipinski definition) is 1. The van der Waals surface area contributed by atoms with Crippen LogP contribution in [0.3, 0.4) is 0 Å². The number of nitrogens with zero attached hydrogens (tertiary/aromatic N) is 4. The molecule has 2 heterocycles. The fourth-order valence-corrected chi connectivity index (χ4v) is 3.27. The molecule has 0 aliphatic rings. The van der Waals surface area contributed by atoms with Gasteiger partial charge in [-0.25, -0.2) is 9.37 Å². The summed E-state index contributed by atoms with van der Waals surface area (Å²) >= 11 is 0. The maximum absolute atomic E-state index is 13.9. The van der Waals surface area contributed by atoms with E-state index in [1.165, 1.54) is 4.40 Å². The lowest BCUT2D eigenvalue weighted by molar-refractivity contribution is -0.147. The summed E-state index contributed by atoms with van der Waals surface area (Å²) in [5.41, 5.74) is -1.39. The molecule has 0 aliphatic heterocycles. The van der Waals surface area contributed by atoms with Gasteiger partial charge in [-0.1, -0.05) is 6.42 Å².